The molecule has 0 unspecified atom stereocenters. The Morgan fingerprint density at radius 3 is 2.25 bits per heavy atom. The molecule has 1 N–H and O–H groups in total. The molecule has 0 aliphatic carbocycles. The van der Waals surface area contributed by atoms with Gasteiger partial charge in [-0.25, -0.2) is 0 Å². The van der Waals surface area contributed by atoms with Gasteiger partial charge in [-0.2, -0.15) is 5.56 Å². The number of rotatable bonds is 0. The van der Waals surface area contributed by atoms with E-state index in [0.717, 1.165) is 11.3 Å². The molecule has 1 aromatic rings. The number of hydrogen-bond acceptors (Lipinski definition) is 1. The molecule has 1 heterocycles. The van der Waals surface area contributed by atoms with Crippen molar-refractivity contribution in [1.29, 1.82) is 0 Å². The van der Waals surface area contributed by atoms with Crippen molar-refractivity contribution in [1.82, 2.24) is 10.2 Å². The van der Waals surface area contributed by atoms with Crippen LogP contribution in [0.4, 0.5) is 0 Å². The Bertz CT molecular complexity index is 143. The van der Waals surface area contributed by atoms with Crippen molar-refractivity contribution in [3.63, 3.8) is 0 Å². The fraction of sp³-hybridized carbons (Fsp3) is 0.400. The number of nitrogens with one attached hydrogen (secondary N) is 1. The van der Waals surface area contributed by atoms with Crippen LogP contribution in [0, 0.1) is 20.0 Å². The fourth-order valence-electron chi connectivity index (χ4n) is 0.363. The van der Waals surface area contributed by atoms with Gasteiger partial charge in [0.2, 0.25) is 0 Å². The van der Waals surface area contributed by atoms with E-state index in [1.54, 1.807) is 0 Å². The standard InChI is InChI=1S/C5H7N2.Rh/c1-4-3-6-7-5(4)2;/h1-2H3,(H,6,7);/q-1;. The second kappa shape index (κ2) is 2.98. The number of nitrogens with zero attached hydrogens (tertiary/aromatic N) is 1. The van der Waals surface area contributed by atoms with Crippen LogP contribution in [0.15, 0.2) is 0 Å². The SMILES string of the molecule is Cc1[c-]n[nH]c1C.[Rh]. The zero-order valence-corrected chi connectivity index (χ0v) is 6.42. The molecule has 8 heavy (non-hydrogen) atoms. The van der Waals surface area contributed by atoms with Crippen LogP contribution in [-0.2, 0) is 19.5 Å². The Hall–Kier alpha value is -0.167. The molecule has 0 bridgehead atoms. The zero-order valence-electron chi connectivity index (χ0n) is 4.78. The molecular weight excluding hydrogens is 191 g/mol. The summed E-state index contributed by atoms with van der Waals surface area (Å²) in [5, 5.41) is 6.43. The quantitative estimate of drug-likeness (QED) is 0.485. The molecule has 3 heteroatoms. The van der Waals surface area contributed by atoms with Crippen LogP contribution in [-0.4, -0.2) is 10.2 Å². The van der Waals surface area contributed by atoms with Crippen LogP contribution >= 0.6 is 0 Å². The first-order valence-corrected chi connectivity index (χ1v) is 2.20. The minimum absolute atomic E-state index is 0. The predicted octanol–water partition coefficient (Wildman–Crippen LogP) is 0.824. The van der Waals surface area contributed by atoms with Crippen molar-refractivity contribution in [2.75, 3.05) is 0 Å². The molecule has 0 atom stereocenters. The molecule has 1 radical (unpaired) electrons. The monoisotopic (exact) mass is 198 g/mol. The summed E-state index contributed by atoms with van der Waals surface area (Å²) in [7, 11) is 0. The van der Waals surface area contributed by atoms with Crippen molar-refractivity contribution in [3.05, 3.63) is 17.5 Å². The van der Waals surface area contributed by atoms with Gasteiger partial charge in [0.1, 0.15) is 0 Å². The van der Waals surface area contributed by atoms with Gasteiger partial charge >= 0.3 is 0 Å². The molecule has 1 rings (SSSR count). The van der Waals surface area contributed by atoms with Crippen molar-refractivity contribution in [2.24, 2.45) is 0 Å². The number of H-pyrrole nitrogens is 1. The van der Waals surface area contributed by atoms with Gasteiger partial charge < -0.3 is 10.2 Å². The minimum atomic E-state index is 0. The van der Waals surface area contributed by atoms with Crippen molar-refractivity contribution in [3.8, 4) is 0 Å². The predicted molar refractivity (Wildman–Crippen MR) is 26.9 cm³/mol. The first kappa shape index (κ1) is 7.83. The van der Waals surface area contributed by atoms with Crippen molar-refractivity contribution < 1.29 is 19.5 Å². The third kappa shape index (κ3) is 1.41. The number of aromatic amines is 1. The third-order valence-corrected chi connectivity index (χ3v) is 1.01. The Morgan fingerprint density at radius 2 is 2.12 bits per heavy atom. The summed E-state index contributed by atoms with van der Waals surface area (Å²) in [6.45, 7) is 3.94. The Labute approximate surface area is 61.4 Å². The largest absolute Gasteiger partial charge is 0.379 e. The average molecular weight is 198 g/mol. The molecule has 0 saturated heterocycles. The second-order valence-electron chi connectivity index (χ2n) is 1.59. The number of aromatic nitrogens is 2. The van der Waals surface area contributed by atoms with Gasteiger partial charge in [0.25, 0.3) is 0 Å². The van der Waals surface area contributed by atoms with E-state index in [4.69, 9.17) is 0 Å². The number of aryl methyl sites for hydroxylation is 2. The van der Waals surface area contributed by atoms with E-state index >= 15 is 0 Å². The second-order valence-corrected chi connectivity index (χ2v) is 1.59. The molecule has 0 aliphatic rings. The summed E-state index contributed by atoms with van der Waals surface area (Å²) < 4.78 is 0. The van der Waals surface area contributed by atoms with Gasteiger partial charge in [0.05, 0.1) is 0 Å². The van der Waals surface area contributed by atoms with Crippen molar-refractivity contribution >= 4 is 0 Å². The van der Waals surface area contributed by atoms with Gasteiger partial charge in [-0.15, -0.1) is 11.9 Å². The molecule has 1 aromatic heterocycles. The summed E-state index contributed by atoms with van der Waals surface area (Å²) in [5.41, 5.74) is 2.19. The van der Waals surface area contributed by atoms with Gasteiger partial charge in [-0.05, 0) is 0 Å². The summed E-state index contributed by atoms with van der Waals surface area (Å²) in [6, 6.07) is 0. The van der Waals surface area contributed by atoms with E-state index < -0.39 is 0 Å². The molecule has 0 fully saturated rings. The third-order valence-electron chi connectivity index (χ3n) is 1.01. The van der Waals surface area contributed by atoms with Crippen LogP contribution in [0.3, 0.4) is 0 Å². The van der Waals surface area contributed by atoms with Crippen LogP contribution < -0.4 is 0 Å². The molecule has 0 aliphatic heterocycles. The van der Waals surface area contributed by atoms with E-state index in [1.165, 1.54) is 0 Å². The van der Waals surface area contributed by atoms with E-state index in [1.807, 2.05) is 13.8 Å². The van der Waals surface area contributed by atoms with Crippen LogP contribution in [0.1, 0.15) is 11.3 Å². The summed E-state index contributed by atoms with van der Waals surface area (Å²) in [5.74, 6) is 0. The van der Waals surface area contributed by atoms with Crippen molar-refractivity contribution in [2.45, 2.75) is 13.8 Å². The Balaban J connectivity index is 0.000000490. The van der Waals surface area contributed by atoms with Gasteiger partial charge in [-0.1, -0.05) is 13.8 Å². The maximum absolute atomic E-state index is 3.67. The Morgan fingerprint density at radius 1 is 1.50 bits per heavy atom. The zero-order chi connectivity index (χ0) is 5.28. The van der Waals surface area contributed by atoms with E-state index in [-0.39, 0.29) is 19.5 Å². The maximum atomic E-state index is 3.67. The van der Waals surface area contributed by atoms with Crippen LogP contribution in [0.25, 0.3) is 0 Å². The molecule has 0 spiro atoms. The minimum Gasteiger partial charge on any atom is -0.379 e. The van der Waals surface area contributed by atoms with E-state index in [0.29, 0.717) is 0 Å². The van der Waals surface area contributed by atoms with Crippen LogP contribution in [0.5, 0.6) is 0 Å². The number of hydrogen-bond donors (Lipinski definition) is 1. The van der Waals surface area contributed by atoms with Crippen LogP contribution in [0.2, 0.25) is 0 Å². The first-order valence-electron chi connectivity index (χ1n) is 2.20. The van der Waals surface area contributed by atoms with E-state index in [9.17, 15) is 0 Å². The topological polar surface area (TPSA) is 28.7 Å². The summed E-state index contributed by atoms with van der Waals surface area (Å²) >= 11 is 0. The molecule has 2 nitrogen and oxygen atoms in total. The van der Waals surface area contributed by atoms with E-state index in [2.05, 4.69) is 16.4 Å². The summed E-state index contributed by atoms with van der Waals surface area (Å²) in [4.78, 5) is 0. The molecule has 0 saturated carbocycles. The Kier molecular flexibility index (Phi) is 2.92. The molecular formula is C5H7N2Rh-. The average Bonchev–Trinajstić information content (AvgIpc) is 1.91. The molecule has 0 aromatic carbocycles. The van der Waals surface area contributed by atoms with Gasteiger partial charge in [0.15, 0.2) is 0 Å². The van der Waals surface area contributed by atoms with Gasteiger partial charge in [0, 0.05) is 19.5 Å². The van der Waals surface area contributed by atoms with Gasteiger partial charge in [-0.3, -0.25) is 0 Å². The fourth-order valence-corrected chi connectivity index (χ4v) is 0.363. The summed E-state index contributed by atoms with van der Waals surface area (Å²) in [6.07, 6.45) is 2.76. The maximum Gasteiger partial charge on any atom is 0 e. The molecule has 47 valence electrons. The first-order chi connectivity index (χ1) is 3.30. The smallest absolute Gasteiger partial charge is 0 e. The molecule has 0 amide bonds. The normalized spacial score (nSPS) is 8.25.